The summed E-state index contributed by atoms with van der Waals surface area (Å²) in [6, 6.07) is 4.82. The molecule has 94 valence electrons. The van der Waals surface area contributed by atoms with E-state index in [0.29, 0.717) is 22.9 Å². The molecule has 0 saturated heterocycles. The van der Waals surface area contributed by atoms with Gasteiger partial charge in [0, 0.05) is 11.6 Å². The zero-order valence-corrected chi connectivity index (χ0v) is 10.8. The highest BCUT2D eigenvalue weighted by atomic mass is 35.5. The number of rotatable bonds is 5. The normalized spacial score (nSPS) is 11.9. The lowest BCUT2D eigenvalue weighted by atomic mass is 10.2. The molecule has 0 aliphatic rings. The molecule has 1 amide bonds. The molecule has 1 aromatic carbocycles. The van der Waals surface area contributed by atoms with Crippen LogP contribution >= 0.6 is 11.6 Å². The minimum Gasteiger partial charge on any atom is -0.397 e. The predicted molar refractivity (Wildman–Crippen MR) is 72.2 cm³/mol. The van der Waals surface area contributed by atoms with Crippen LogP contribution in [-0.2, 0) is 4.79 Å². The monoisotopic (exact) mass is 255 g/mol. The van der Waals surface area contributed by atoms with Crippen molar-refractivity contribution in [1.82, 2.24) is 5.32 Å². The van der Waals surface area contributed by atoms with Gasteiger partial charge in [-0.05, 0) is 31.5 Å². The number of benzene rings is 1. The van der Waals surface area contributed by atoms with E-state index in [1.807, 2.05) is 6.92 Å². The molecule has 0 saturated carbocycles. The van der Waals surface area contributed by atoms with E-state index in [9.17, 15) is 4.79 Å². The number of amides is 1. The Labute approximate surface area is 107 Å². The van der Waals surface area contributed by atoms with Crippen LogP contribution in [-0.4, -0.2) is 18.5 Å². The summed E-state index contributed by atoms with van der Waals surface area (Å²) in [5.41, 5.74) is 7.04. The van der Waals surface area contributed by atoms with Gasteiger partial charge in [0.25, 0.3) is 0 Å². The van der Waals surface area contributed by atoms with Crippen LogP contribution in [0.4, 0.5) is 11.4 Å². The summed E-state index contributed by atoms with van der Waals surface area (Å²) in [5.74, 6) is -0.0406. The fraction of sp³-hybridized carbons (Fsp3) is 0.417. The van der Waals surface area contributed by atoms with Crippen molar-refractivity contribution < 1.29 is 4.79 Å². The van der Waals surface area contributed by atoms with E-state index in [-0.39, 0.29) is 11.9 Å². The zero-order valence-electron chi connectivity index (χ0n) is 10.1. The number of hydrogen-bond acceptors (Lipinski definition) is 3. The Morgan fingerprint density at radius 1 is 1.53 bits per heavy atom. The molecule has 0 aromatic heterocycles. The molecule has 0 heterocycles. The number of nitrogens with two attached hydrogens (primary N) is 1. The predicted octanol–water partition coefficient (Wildman–Crippen LogP) is 2.25. The second-order valence-electron chi connectivity index (χ2n) is 3.89. The van der Waals surface area contributed by atoms with E-state index in [0.717, 1.165) is 6.42 Å². The van der Waals surface area contributed by atoms with Gasteiger partial charge in [-0.1, -0.05) is 18.5 Å². The second kappa shape index (κ2) is 6.35. The Morgan fingerprint density at radius 3 is 2.82 bits per heavy atom. The standard InChI is InChI=1S/C12H18ClN3O/c1-3-6-15-12(17)8(2)16-11-5-4-9(13)7-10(11)14/h4-5,7-8,16H,3,6,14H2,1-2H3,(H,15,17). The van der Waals surface area contributed by atoms with Gasteiger partial charge in [-0.2, -0.15) is 0 Å². The highest BCUT2D eigenvalue weighted by Gasteiger charge is 2.12. The molecule has 0 spiro atoms. The first-order valence-corrected chi connectivity index (χ1v) is 6.01. The molecule has 0 aliphatic carbocycles. The van der Waals surface area contributed by atoms with Gasteiger partial charge >= 0.3 is 0 Å². The number of carbonyl (C=O) groups is 1. The van der Waals surface area contributed by atoms with Gasteiger partial charge in [-0.3, -0.25) is 4.79 Å². The Balaban J connectivity index is 2.61. The van der Waals surface area contributed by atoms with Crippen LogP contribution < -0.4 is 16.4 Å². The molecule has 17 heavy (non-hydrogen) atoms. The maximum Gasteiger partial charge on any atom is 0.242 e. The molecule has 5 heteroatoms. The van der Waals surface area contributed by atoms with Crippen molar-refractivity contribution in [3.8, 4) is 0 Å². The van der Waals surface area contributed by atoms with Crippen LogP contribution in [0.5, 0.6) is 0 Å². The lowest BCUT2D eigenvalue weighted by Crippen LogP contribution is -2.38. The zero-order chi connectivity index (χ0) is 12.8. The van der Waals surface area contributed by atoms with Crippen molar-refractivity contribution in [1.29, 1.82) is 0 Å². The molecule has 1 rings (SSSR count). The number of halogens is 1. The summed E-state index contributed by atoms with van der Waals surface area (Å²) in [6.45, 7) is 4.48. The second-order valence-corrected chi connectivity index (χ2v) is 4.33. The van der Waals surface area contributed by atoms with Crippen molar-refractivity contribution in [2.75, 3.05) is 17.6 Å². The average molecular weight is 256 g/mol. The Bertz CT molecular complexity index is 395. The van der Waals surface area contributed by atoms with E-state index in [2.05, 4.69) is 10.6 Å². The van der Waals surface area contributed by atoms with Gasteiger partial charge in [-0.15, -0.1) is 0 Å². The Kier molecular flexibility index (Phi) is 5.10. The maximum atomic E-state index is 11.6. The molecule has 1 unspecified atom stereocenters. The molecule has 0 fully saturated rings. The van der Waals surface area contributed by atoms with E-state index in [4.69, 9.17) is 17.3 Å². The van der Waals surface area contributed by atoms with Crippen molar-refractivity contribution in [3.63, 3.8) is 0 Å². The average Bonchev–Trinajstić information content (AvgIpc) is 2.29. The molecule has 1 atom stereocenters. The lowest BCUT2D eigenvalue weighted by Gasteiger charge is -2.16. The first-order valence-electron chi connectivity index (χ1n) is 5.64. The van der Waals surface area contributed by atoms with Crippen molar-refractivity contribution in [3.05, 3.63) is 23.2 Å². The molecule has 4 N–H and O–H groups in total. The minimum absolute atomic E-state index is 0.0406. The fourth-order valence-electron chi connectivity index (χ4n) is 1.37. The minimum atomic E-state index is -0.329. The third kappa shape index (κ3) is 4.15. The third-order valence-corrected chi connectivity index (χ3v) is 2.56. The van der Waals surface area contributed by atoms with Gasteiger partial charge < -0.3 is 16.4 Å². The van der Waals surface area contributed by atoms with Crippen LogP contribution in [0.2, 0.25) is 5.02 Å². The molecule has 4 nitrogen and oxygen atoms in total. The first kappa shape index (κ1) is 13.6. The summed E-state index contributed by atoms with van der Waals surface area (Å²) >= 11 is 5.80. The lowest BCUT2D eigenvalue weighted by molar-refractivity contribution is -0.121. The van der Waals surface area contributed by atoms with Crippen molar-refractivity contribution in [2.24, 2.45) is 0 Å². The number of nitrogen functional groups attached to an aromatic ring is 1. The summed E-state index contributed by atoms with van der Waals surface area (Å²) < 4.78 is 0. The quantitative estimate of drug-likeness (QED) is 0.707. The van der Waals surface area contributed by atoms with Crippen molar-refractivity contribution in [2.45, 2.75) is 26.3 Å². The molecular formula is C12H18ClN3O. The van der Waals surface area contributed by atoms with E-state index >= 15 is 0 Å². The van der Waals surface area contributed by atoms with E-state index in [1.165, 1.54) is 0 Å². The summed E-state index contributed by atoms with van der Waals surface area (Å²) in [4.78, 5) is 11.6. The topological polar surface area (TPSA) is 67.2 Å². The van der Waals surface area contributed by atoms with Crippen LogP contribution in [0.3, 0.4) is 0 Å². The Hall–Kier alpha value is -1.42. The molecule has 0 bridgehead atoms. The highest BCUT2D eigenvalue weighted by Crippen LogP contribution is 2.23. The first-order chi connectivity index (χ1) is 8.04. The van der Waals surface area contributed by atoms with Crippen LogP contribution in [0.15, 0.2) is 18.2 Å². The smallest absolute Gasteiger partial charge is 0.242 e. The van der Waals surface area contributed by atoms with Crippen molar-refractivity contribution >= 4 is 28.9 Å². The summed E-state index contributed by atoms with van der Waals surface area (Å²) in [7, 11) is 0. The summed E-state index contributed by atoms with van der Waals surface area (Å²) in [5, 5.41) is 6.44. The van der Waals surface area contributed by atoms with Gasteiger partial charge in [0.05, 0.1) is 11.4 Å². The van der Waals surface area contributed by atoms with Gasteiger partial charge in [0.2, 0.25) is 5.91 Å². The van der Waals surface area contributed by atoms with Crippen LogP contribution in [0, 0.1) is 0 Å². The highest BCUT2D eigenvalue weighted by molar-refractivity contribution is 6.31. The number of hydrogen-bond donors (Lipinski definition) is 3. The van der Waals surface area contributed by atoms with E-state index < -0.39 is 0 Å². The maximum absolute atomic E-state index is 11.6. The third-order valence-electron chi connectivity index (χ3n) is 2.33. The molecule has 0 radical (unpaired) electrons. The SMILES string of the molecule is CCCNC(=O)C(C)Nc1ccc(Cl)cc1N. The summed E-state index contributed by atoms with van der Waals surface area (Å²) in [6.07, 6.45) is 0.918. The molecule has 1 aromatic rings. The van der Waals surface area contributed by atoms with Crippen LogP contribution in [0.1, 0.15) is 20.3 Å². The van der Waals surface area contributed by atoms with Gasteiger partial charge in [0.15, 0.2) is 0 Å². The number of anilines is 2. The molecule has 0 aliphatic heterocycles. The van der Waals surface area contributed by atoms with Gasteiger partial charge in [-0.25, -0.2) is 0 Å². The fourth-order valence-corrected chi connectivity index (χ4v) is 1.55. The largest absolute Gasteiger partial charge is 0.397 e. The van der Waals surface area contributed by atoms with Gasteiger partial charge in [0.1, 0.15) is 6.04 Å². The number of nitrogens with one attached hydrogen (secondary N) is 2. The van der Waals surface area contributed by atoms with Crippen LogP contribution in [0.25, 0.3) is 0 Å². The van der Waals surface area contributed by atoms with E-state index in [1.54, 1.807) is 25.1 Å². The number of carbonyl (C=O) groups excluding carboxylic acids is 1. The Morgan fingerprint density at radius 2 is 2.24 bits per heavy atom. The molecular weight excluding hydrogens is 238 g/mol.